The Labute approximate surface area is 98.3 Å². The lowest BCUT2D eigenvalue weighted by atomic mass is 10.1. The van der Waals surface area contributed by atoms with Crippen LogP contribution in [0, 0.1) is 0 Å². The van der Waals surface area contributed by atoms with Crippen molar-refractivity contribution in [3.05, 3.63) is 0 Å². The Kier molecular flexibility index (Phi) is 9.18. The average molecular weight is 231 g/mol. The molecule has 1 amide bonds. The number of ether oxygens (including phenoxy) is 1. The summed E-state index contributed by atoms with van der Waals surface area (Å²) >= 11 is 0. The molecule has 0 rings (SSSR count). The molecule has 5 nitrogen and oxygen atoms in total. The SMILES string of the molecule is COCC(C)N(C)CCCCCC(=O)NN. The van der Waals surface area contributed by atoms with Gasteiger partial charge < -0.3 is 9.64 Å². The Balaban J connectivity index is 3.40. The summed E-state index contributed by atoms with van der Waals surface area (Å²) in [5.41, 5.74) is 2.13. The average Bonchev–Trinajstić information content (AvgIpc) is 2.28. The normalized spacial score (nSPS) is 12.8. The molecule has 0 bridgehead atoms. The van der Waals surface area contributed by atoms with E-state index in [0.717, 1.165) is 32.4 Å². The number of rotatable bonds is 9. The van der Waals surface area contributed by atoms with E-state index in [1.54, 1.807) is 7.11 Å². The molecule has 0 aromatic rings. The highest BCUT2D eigenvalue weighted by Crippen LogP contribution is 2.03. The van der Waals surface area contributed by atoms with Crippen molar-refractivity contribution >= 4 is 5.91 Å². The molecule has 5 heteroatoms. The molecule has 0 aliphatic heterocycles. The van der Waals surface area contributed by atoms with E-state index in [1.807, 2.05) is 0 Å². The Morgan fingerprint density at radius 2 is 2.12 bits per heavy atom. The molecular weight excluding hydrogens is 206 g/mol. The number of hydrogen-bond acceptors (Lipinski definition) is 4. The smallest absolute Gasteiger partial charge is 0.233 e. The topological polar surface area (TPSA) is 67.6 Å². The maximum absolute atomic E-state index is 10.8. The third-order valence-corrected chi connectivity index (χ3v) is 2.74. The van der Waals surface area contributed by atoms with Crippen LogP contribution in [0.25, 0.3) is 0 Å². The van der Waals surface area contributed by atoms with E-state index in [9.17, 15) is 4.79 Å². The van der Waals surface area contributed by atoms with E-state index < -0.39 is 0 Å². The molecule has 0 aromatic heterocycles. The van der Waals surface area contributed by atoms with Crippen molar-refractivity contribution in [2.24, 2.45) is 5.84 Å². The first-order chi connectivity index (χ1) is 7.61. The first-order valence-electron chi connectivity index (χ1n) is 5.80. The molecule has 0 saturated heterocycles. The van der Waals surface area contributed by atoms with E-state index in [0.29, 0.717) is 12.5 Å². The van der Waals surface area contributed by atoms with Crippen LogP contribution in [0.2, 0.25) is 0 Å². The number of likely N-dealkylation sites (N-methyl/N-ethyl adjacent to an activating group) is 1. The summed E-state index contributed by atoms with van der Waals surface area (Å²) in [6.45, 7) is 3.94. The fourth-order valence-electron chi connectivity index (χ4n) is 1.48. The summed E-state index contributed by atoms with van der Waals surface area (Å²) in [6, 6.07) is 0.442. The third kappa shape index (κ3) is 7.62. The number of amides is 1. The lowest BCUT2D eigenvalue weighted by Crippen LogP contribution is -2.33. The van der Waals surface area contributed by atoms with Gasteiger partial charge in [0.1, 0.15) is 0 Å². The molecule has 1 unspecified atom stereocenters. The molecule has 0 spiro atoms. The van der Waals surface area contributed by atoms with Gasteiger partial charge in [-0.15, -0.1) is 0 Å². The highest BCUT2D eigenvalue weighted by atomic mass is 16.5. The van der Waals surface area contributed by atoms with Gasteiger partial charge in [0.15, 0.2) is 0 Å². The second-order valence-electron chi connectivity index (χ2n) is 4.16. The standard InChI is InChI=1S/C11H25N3O2/c1-10(9-16-3)14(2)8-6-4-5-7-11(15)13-12/h10H,4-9,12H2,1-3H3,(H,13,15). The number of methoxy groups -OCH3 is 1. The Hall–Kier alpha value is -0.650. The van der Waals surface area contributed by atoms with Crippen molar-refractivity contribution in [3.63, 3.8) is 0 Å². The van der Waals surface area contributed by atoms with Crippen LogP contribution < -0.4 is 11.3 Å². The maximum atomic E-state index is 10.8. The van der Waals surface area contributed by atoms with E-state index in [2.05, 4.69) is 24.3 Å². The second kappa shape index (κ2) is 9.57. The van der Waals surface area contributed by atoms with Crippen LogP contribution in [-0.2, 0) is 9.53 Å². The first-order valence-corrected chi connectivity index (χ1v) is 5.80. The highest BCUT2D eigenvalue weighted by Gasteiger charge is 2.07. The van der Waals surface area contributed by atoms with Gasteiger partial charge in [0.25, 0.3) is 0 Å². The van der Waals surface area contributed by atoms with E-state index in [4.69, 9.17) is 10.6 Å². The van der Waals surface area contributed by atoms with Gasteiger partial charge in [0, 0.05) is 19.6 Å². The minimum Gasteiger partial charge on any atom is -0.383 e. The zero-order valence-electron chi connectivity index (χ0n) is 10.7. The molecule has 0 aromatic carbocycles. The number of hydrazine groups is 1. The number of unbranched alkanes of at least 4 members (excludes halogenated alkanes) is 2. The molecule has 0 aliphatic rings. The van der Waals surface area contributed by atoms with Gasteiger partial charge in [-0.25, -0.2) is 5.84 Å². The second-order valence-corrected chi connectivity index (χ2v) is 4.16. The largest absolute Gasteiger partial charge is 0.383 e. The van der Waals surface area contributed by atoms with E-state index >= 15 is 0 Å². The molecule has 96 valence electrons. The predicted molar refractivity (Wildman–Crippen MR) is 64.8 cm³/mol. The van der Waals surface area contributed by atoms with Crippen molar-refractivity contribution in [1.82, 2.24) is 10.3 Å². The molecule has 0 aliphatic carbocycles. The number of nitrogens with two attached hydrogens (primary N) is 1. The predicted octanol–water partition coefficient (Wildman–Crippen LogP) is 0.503. The zero-order valence-corrected chi connectivity index (χ0v) is 10.7. The monoisotopic (exact) mass is 231 g/mol. The summed E-state index contributed by atoms with van der Waals surface area (Å²) in [4.78, 5) is 13.1. The summed E-state index contributed by atoms with van der Waals surface area (Å²) in [6.07, 6.45) is 3.57. The van der Waals surface area contributed by atoms with Crippen LogP contribution >= 0.6 is 0 Å². The van der Waals surface area contributed by atoms with Gasteiger partial charge in [0.2, 0.25) is 5.91 Å². The quantitative estimate of drug-likeness (QED) is 0.262. The molecule has 3 N–H and O–H groups in total. The number of carbonyl (C=O) groups is 1. The minimum atomic E-state index is -0.0823. The van der Waals surface area contributed by atoms with Gasteiger partial charge in [-0.3, -0.25) is 10.2 Å². The van der Waals surface area contributed by atoms with Gasteiger partial charge >= 0.3 is 0 Å². The molecular formula is C11H25N3O2. The summed E-state index contributed by atoms with van der Waals surface area (Å²) in [5.74, 6) is 4.90. The third-order valence-electron chi connectivity index (χ3n) is 2.74. The molecule has 1 atom stereocenters. The highest BCUT2D eigenvalue weighted by molar-refractivity contribution is 5.74. The molecule has 16 heavy (non-hydrogen) atoms. The number of carbonyl (C=O) groups excluding carboxylic acids is 1. The fraction of sp³-hybridized carbons (Fsp3) is 0.909. The Morgan fingerprint density at radius 3 is 2.69 bits per heavy atom. The van der Waals surface area contributed by atoms with Crippen LogP contribution in [0.5, 0.6) is 0 Å². The molecule has 0 heterocycles. The summed E-state index contributed by atoms with van der Waals surface area (Å²) < 4.78 is 5.09. The van der Waals surface area contributed by atoms with Crippen LogP contribution in [0.15, 0.2) is 0 Å². The van der Waals surface area contributed by atoms with Crippen molar-refractivity contribution in [2.75, 3.05) is 27.3 Å². The Bertz CT molecular complexity index is 188. The van der Waals surface area contributed by atoms with E-state index in [-0.39, 0.29) is 5.91 Å². The molecule has 0 fully saturated rings. The van der Waals surface area contributed by atoms with Crippen LogP contribution in [-0.4, -0.2) is 44.2 Å². The fourth-order valence-corrected chi connectivity index (χ4v) is 1.48. The Morgan fingerprint density at radius 1 is 1.44 bits per heavy atom. The number of nitrogens with zero attached hydrogens (tertiary/aromatic N) is 1. The lowest BCUT2D eigenvalue weighted by Gasteiger charge is -2.23. The van der Waals surface area contributed by atoms with Crippen LogP contribution in [0.1, 0.15) is 32.6 Å². The van der Waals surface area contributed by atoms with Gasteiger partial charge in [-0.2, -0.15) is 0 Å². The van der Waals surface area contributed by atoms with Crippen LogP contribution in [0.3, 0.4) is 0 Å². The van der Waals surface area contributed by atoms with Crippen molar-refractivity contribution in [1.29, 1.82) is 0 Å². The minimum absolute atomic E-state index is 0.0823. The molecule has 0 radical (unpaired) electrons. The summed E-state index contributed by atoms with van der Waals surface area (Å²) in [5, 5.41) is 0. The number of hydrogen-bond donors (Lipinski definition) is 2. The van der Waals surface area contributed by atoms with Gasteiger partial charge in [0.05, 0.1) is 6.61 Å². The van der Waals surface area contributed by atoms with Crippen LogP contribution in [0.4, 0.5) is 0 Å². The van der Waals surface area contributed by atoms with E-state index in [1.165, 1.54) is 0 Å². The molecule has 0 saturated carbocycles. The maximum Gasteiger partial charge on any atom is 0.233 e. The van der Waals surface area contributed by atoms with Crippen molar-refractivity contribution in [3.8, 4) is 0 Å². The zero-order chi connectivity index (χ0) is 12.4. The first kappa shape index (κ1) is 15.3. The van der Waals surface area contributed by atoms with Gasteiger partial charge in [-0.05, 0) is 33.4 Å². The van der Waals surface area contributed by atoms with Crippen molar-refractivity contribution < 1.29 is 9.53 Å². The summed E-state index contributed by atoms with van der Waals surface area (Å²) in [7, 11) is 3.81. The number of nitrogens with one attached hydrogen (secondary N) is 1. The van der Waals surface area contributed by atoms with Gasteiger partial charge in [-0.1, -0.05) is 6.42 Å². The van der Waals surface area contributed by atoms with Crippen molar-refractivity contribution in [2.45, 2.75) is 38.6 Å². The lowest BCUT2D eigenvalue weighted by molar-refractivity contribution is -0.121.